The number of nitrogens with zero attached hydrogens (tertiary/aromatic N) is 1. The lowest BCUT2D eigenvalue weighted by Gasteiger charge is -2.25. The Morgan fingerprint density at radius 2 is 1.68 bits per heavy atom. The number of aliphatic hydroxyl groups excluding tert-OH is 1. The summed E-state index contributed by atoms with van der Waals surface area (Å²) >= 11 is 0. The van der Waals surface area contributed by atoms with Crippen LogP contribution in [0.5, 0.6) is 0 Å². The third-order valence-corrected chi connectivity index (χ3v) is 6.18. The Morgan fingerprint density at radius 1 is 1.00 bits per heavy atom. The summed E-state index contributed by atoms with van der Waals surface area (Å²) in [6.07, 6.45) is -1.01. The Bertz CT molecular complexity index is 1340. The second-order valence-corrected chi connectivity index (χ2v) is 9.70. The van der Waals surface area contributed by atoms with Crippen LogP contribution in [0.2, 0.25) is 0 Å². The monoisotopic (exact) mass is 457 g/mol. The first-order chi connectivity index (χ1) is 16.0. The molecule has 4 aromatic rings. The first-order valence-corrected chi connectivity index (χ1v) is 11.4. The van der Waals surface area contributed by atoms with E-state index in [4.69, 9.17) is 4.74 Å². The zero-order chi connectivity index (χ0) is 24.6. The minimum absolute atomic E-state index is 0.299. The zero-order valence-electron chi connectivity index (χ0n) is 20.3. The summed E-state index contributed by atoms with van der Waals surface area (Å²) in [7, 11) is 0. The van der Waals surface area contributed by atoms with Crippen LogP contribution < -0.4 is 0 Å². The molecule has 5 heteroatoms. The van der Waals surface area contributed by atoms with Gasteiger partial charge in [-0.25, -0.2) is 4.79 Å². The normalized spacial score (nSPS) is 12.8. The van der Waals surface area contributed by atoms with Gasteiger partial charge in [0.2, 0.25) is 0 Å². The number of ether oxygens (including phenoxy) is 1. The number of aromatic nitrogens is 1. The number of hydrogen-bond acceptors (Lipinski definition) is 3. The van der Waals surface area contributed by atoms with Crippen LogP contribution in [-0.2, 0) is 11.3 Å². The molecule has 2 N–H and O–H groups in total. The lowest BCUT2D eigenvalue weighted by molar-refractivity contribution is -0.169. The van der Waals surface area contributed by atoms with Gasteiger partial charge in [-0.3, -0.25) is 0 Å². The van der Waals surface area contributed by atoms with Crippen molar-refractivity contribution in [2.75, 3.05) is 0 Å². The average molecular weight is 458 g/mol. The van der Waals surface area contributed by atoms with Gasteiger partial charge >= 0.3 is 5.97 Å². The summed E-state index contributed by atoms with van der Waals surface area (Å²) in [4.78, 5) is 11.4. The first-order valence-electron chi connectivity index (χ1n) is 11.4. The van der Waals surface area contributed by atoms with Gasteiger partial charge in [-0.15, -0.1) is 0 Å². The molecule has 176 valence electrons. The summed E-state index contributed by atoms with van der Waals surface area (Å²) in [5.74, 6) is -0.916. The molecule has 0 saturated heterocycles. The Kier molecular flexibility index (Phi) is 6.34. The maximum atomic E-state index is 11.4. The van der Waals surface area contributed by atoms with Crippen LogP contribution in [0.3, 0.4) is 0 Å². The molecule has 34 heavy (non-hydrogen) atoms. The number of fused-ring (bicyclic) bond motifs is 1. The summed E-state index contributed by atoms with van der Waals surface area (Å²) in [5, 5.41) is 21.0. The number of hydrogen-bond donors (Lipinski definition) is 2. The van der Waals surface area contributed by atoms with Crippen LogP contribution in [0.15, 0.2) is 66.7 Å². The van der Waals surface area contributed by atoms with Gasteiger partial charge in [-0.1, -0.05) is 48.5 Å². The number of aryl methyl sites for hydroxylation is 1. The third kappa shape index (κ3) is 4.76. The first kappa shape index (κ1) is 23.7. The van der Waals surface area contributed by atoms with Crippen LogP contribution >= 0.6 is 0 Å². The van der Waals surface area contributed by atoms with Gasteiger partial charge in [0.1, 0.15) is 0 Å². The lowest BCUT2D eigenvalue weighted by Crippen LogP contribution is -2.22. The predicted octanol–water partition coefficient (Wildman–Crippen LogP) is 6.48. The van der Waals surface area contributed by atoms with Gasteiger partial charge in [0, 0.05) is 28.7 Å². The van der Waals surface area contributed by atoms with Gasteiger partial charge < -0.3 is 19.5 Å². The minimum Gasteiger partial charge on any atom is -0.478 e. The molecule has 0 aliphatic rings. The van der Waals surface area contributed by atoms with E-state index in [0.717, 1.165) is 44.4 Å². The van der Waals surface area contributed by atoms with E-state index < -0.39 is 17.9 Å². The number of aliphatic hydroxyl groups is 1. The van der Waals surface area contributed by atoms with Crippen molar-refractivity contribution >= 4 is 16.9 Å². The highest BCUT2D eigenvalue weighted by molar-refractivity contribution is 5.95. The largest absolute Gasteiger partial charge is 0.478 e. The van der Waals surface area contributed by atoms with Crippen molar-refractivity contribution in [1.29, 1.82) is 0 Å². The van der Waals surface area contributed by atoms with Crippen molar-refractivity contribution in [2.45, 2.75) is 53.1 Å². The predicted molar refractivity (Wildman–Crippen MR) is 135 cm³/mol. The highest BCUT2D eigenvalue weighted by Gasteiger charge is 2.21. The van der Waals surface area contributed by atoms with Crippen LogP contribution in [0, 0.1) is 13.8 Å². The number of aromatic carboxylic acids is 1. The van der Waals surface area contributed by atoms with Crippen LogP contribution in [0.1, 0.15) is 59.8 Å². The van der Waals surface area contributed by atoms with E-state index in [1.54, 1.807) is 12.1 Å². The van der Waals surface area contributed by atoms with Crippen molar-refractivity contribution in [2.24, 2.45) is 0 Å². The highest BCUT2D eigenvalue weighted by atomic mass is 16.6. The fourth-order valence-corrected chi connectivity index (χ4v) is 4.33. The molecule has 0 spiro atoms. The van der Waals surface area contributed by atoms with Gasteiger partial charge in [0.05, 0.1) is 11.2 Å². The van der Waals surface area contributed by atoms with E-state index in [0.29, 0.717) is 12.1 Å². The summed E-state index contributed by atoms with van der Waals surface area (Å²) in [5.41, 5.74) is 6.89. The molecule has 0 fully saturated rings. The maximum Gasteiger partial charge on any atom is 0.335 e. The Hall–Kier alpha value is -3.41. The molecule has 4 rings (SSSR count). The van der Waals surface area contributed by atoms with Crippen molar-refractivity contribution < 1.29 is 19.7 Å². The van der Waals surface area contributed by atoms with Crippen molar-refractivity contribution in [1.82, 2.24) is 4.57 Å². The van der Waals surface area contributed by atoms with Gasteiger partial charge in [0.25, 0.3) is 0 Å². The molecule has 0 saturated carbocycles. The third-order valence-electron chi connectivity index (χ3n) is 6.18. The fourth-order valence-electron chi connectivity index (χ4n) is 4.33. The molecule has 3 aromatic carbocycles. The van der Waals surface area contributed by atoms with E-state index in [2.05, 4.69) is 35.8 Å². The highest BCUT2D eigenvalue weighted by Crippen LogP contribution is 2.32. The second-order valence-electron chi connectivity index (χ2n) is 9.70. The topological polar surface area (TPSA) is 71.7 Å². The molecular formula is C29H31NO4. The Morgan fingerprint density at radius 3 is 2.32 bits per heavy atom. The molecule has 1 heterocycles. The number of carboxylic acid groups (broad SMARTS) is 1. The average Bonchev–Trinajstić information content (AvgIpc) is 3.03. The van der Waals surface area contributed by atoms with E-state index in [1.165, 1.54) is 0 Å². The number of rotatable bonds is 6. The summed E-state index contributed by atoms with van der Waals surface area (Å²) < 4.78 is 8.01. The van der Waals surface area contributed by atoms with Gasteiger partial charge in [-0.05, 0) is 75.1 Å². The number of carboxylic acids is 1. The molecule has 1 atom stereocenters. The SMILES string of the molecule is Cc1c(C)n(Cc2ccc(-c3ccccc3C(O)OC(C)(C)C)cc2)c2ccc(C(=O)O)cc12. The maximum absolute atomic E-state index is 11.4. The van der Waals surface area contributed by atoms with Crippen molar-refractivity contribution in [3.05, 3.63) is 94.7 Å². The smallest absolute Gasteiger partial charge is 0.335 e. The second kappa shape index (κ2) is 9.09. The Balaban J connectivity index is 1.64. The Labute approximate surface area is 200 Å². The quantitative estimate of drug-likeness (QED) is 0.325. The molecule has 0 bridgehead atoms. The standard InChI is InChI=1S/C29H31NO4/c1-18-19(2)30(26-15-14-22(27(31)32)16-25(18)26)17-20-10-12-21(13-11-20)23-8-6-7-9-24(23)28(33)34-29(3,4)5/h6-16,28,33H,17H2,1-5H3,(H,31,32). The van der Waals surface area contributed by atoms with Crippen LogP contribution in [0.4, 0.5) is 0 Å². The van der Waals surface area contributed by atoms with E-state index in [1.807, 2.05) is 58.0 Å². The van der Waals surface area contributed by atoms with Crippen LogP contribution in [0.25, 0.3) is 22.0 Å². The molecule has 5 nitrogen and oxygen atoms in total. The van der Waals surface area contributed by atoms with Crippen LogP contribution in [-0.4, -0.2) is 26.4 Å². The summed E-state index contributed by atoms with van der Waals surface area (Å²) in [6, 6.07) is 21.4. The zero-order valence-corrected chi connectivity index (χ0v) is 20.3. The number of benzene rings is 3. The van der Waals surface area contributed by atoms with Crippen molar-refractivity contribution in [3.63, 3.8) is 0 Å². The summed E-state index contributed by atoms with van der Waals surface area (Å²) in [6.45, 7) is 10.5. The minimum atomic E-state index is -1.01. The molecule has 0 aliphatic heterocycles. The molecule has 0 radical (unpaired) electrons. The molecule has 1 aromatic heterocycles. The van der Waals surface area contributed by atoms with Gasteiger partial charge in [0.15, 0.2) is 6.29 Å². The number of carbonyl (C=O) groups is 1. The van der Waals surface area contributed by atoms with Gasteiger partial charge in [-0.2, -0.15) is 0 Å². The van der Waals surface area contributed by atoms with E-state index in [9.17, 15) is 15.0 Å². The molecule has 1 unspecified atom stereocenters. The van der Waals surface area contributed by atoms with E-state index >= 15 is 0 Å². The molecular weight excluding hydrogens is 426 g/mol. The van der Waals surface area contributed by atoms with E-state index in [-0.39, 0.29) is 0 Å². The molecule has 0 amide bonds. The fraction of sp³-hybridized carbons (Fsp3) is 0.276. The van der Waals surface area contributed by atoms with Crippen molar-refractivity contribution in [3.8, 4) is 11.1 Å². The molecule has 0 aliphatic carbocycles. The lowest BCUT2D eigenvalue weighted by atomic mass is 9.98.